The standard InChI is InChI=1S/C27H23N3O3S2/c1-16(2)17-9-11-18(12-10-17)24-22(25(32)21-8-5-14-34-21)23(29-19-6-3-4-7-20(19)31)26(33)30(24)27-28-13-15-35-27/h3-16,24,29,31H,1-2H3. The van der Waals surface area contributed by atoms with Crippen molar-refractivity contribution in [3.8, 4) is 5.75 Å². The lowest BCUT2D eigenvalue weighted by atomic mass is 9.93. The highest BCUT2D eigenvalue weighted by molar-refractivity contribution is 7.14. The third kappa shape index (κ3) is 4.26. The molecule has 0 saturated carbocycles. The maximum absolute atomic E-state index is 13.9. The van der Waals surface area contributed by atoms with E-state index in [1.54, 1.807) is 40.7 Å². The monoisotopic (exact) mass is 501 g/mol. The molecule has 5 rings (SSSR count). The number of amides is 1. The Labute approximate surface area is 211 Å². The molecule has 0 aliphatic carbocycles. The summed E-state index contributed by atoms with van der Waals surface area (Å²) in [7, 11) is 0. The highest BCUT2D eigenvalue weighted by Crippen LogP contribution is 2.44. The van der Waals surface area contributed by atoms with Gasteiger partial charge < -0.3 is 10.4 Å². The summed E-state index contributed by atoms with van der Waals surface area (Å²) >= 11 is 2.66. The minimum atomic E-state index is -0.669. The van der Waals surface area contributed by atoms with E-state index in [-0.39, 0.29) is 23.1 Å². The number of thiazole rings is 1. The Morgan fingerprint density at radius 2 is 1.80 bits per heavy atom. The molecule has 0 radical (unpaired) electrons. The zero-order valence-corrected chi connectivity index (χ0v) is 20.8. The molecule has 2 N–H and O–H groups in total. The molecule has 0 spiro atoms. The Kier molecular flexibility index (Phi) is 6.23. The Morgan fingerprint density at radius 1 is 1.03 bits per heavy atom. The Hall–Kier alpha value is -3.75. The number of thiophene rings is 1. The number of nitrogens with zero attached hydrogens (tertiary/aromatic N) is 2. The highest BCUT2D eigenvalue weighted by atomic mass is 32.1. The number of phenols is 1. The number of carbonyl (C=O) groups is 2. The second kappa shape index (κ2) is 9.48. The quantitative estimate of drug-likeness (QED) is 0.227. The smallest absolute Gasteiger partial charge is 0.277 e. The molecule has 2 aromatic heterocycles. The molecule has 0 fully saturated rings. The topological polar surface area (TPSA) is 82.5 Å². The first-order valence-corrected chi connectivity index (χ1v) is 12.9. The molecule has 6 nitrogen and oxygen atoms in total. The number of phenolic OH excluding ortho intramolecular Hbond substituents is 1. The average molecular weight is 502 g/mol. The minimum Gasteiger partial charge on any atom is -0.506 e. The molecular weight excluding hydrogens is 478 g/mol. The van der Waals surface area contributed by atoms with Crippen molar-refractivity contribution in [1.29, 1.82) is 0 Å². The third-order valence-electron chi connectivity index (χ3n) is 5.93. The van der Waals surface area contributed by atoms with Crippen LogP contribution >= 0.6 is 22.7 Å². The van der Waals surface area contributed by atoms with Crippen molar-refractivity contribution in [1.82, 2.24) is 4.98 Å². The summed E-state index contributed by atoms with van der Waals surface area (Å²) in [6, 6.07) is 17.6. The van der Waals surface area contributed by atoms with Gasteiger partial charge in [-0.3, -0.25) is 14.5 Å². The van der Waals surface area contributed by atoms with Gasteiger partial charge in [-0.1, -0.05) is 56.3 Å². The van der Waals surface area contributed by atoms with Crippen molar-refractivity contribution in [2.45, 2.75) is 25.8 Å². The van der Waals surface area contributed by atoms with Crippen LogP contribution in [0.1, 0.15) is 46.6 Å². The number of rotatable bonds is 7. The van der Waals surface area contributed by atoms with E-state index in [0.717, 1.165) is 5.56 Å². The highest BCUT2D eigenvalue weighted by Gasteiger charge is 2.45. The molecule has 176 valence electrons. The van der Waals surface area contributed by atoms with Gasteiger partial charge in [0.05, 0.1) is 22.2 Å². The van der Waals surface area contributed by atoms with Crippen molar-refractivity contribution < 1.29 is 14.7 Å². The van der Waals surface area contributed by atoms with Gasteiger partial charge in [0.2, 0.25) is 5.78 Å². The first kappa shape index (κ1) is 23.0. The average Bonchev–Trinajstić information content (AvgIpc) is 3.62. The number of Topliss-reactive ketones (excluding diaryl/α,β-unsaturated/α-hetero) is 1. The molecule has 2 aromatic carbocycles. The van der Waals surface area contributed by atoms with Gasteiger partial charge in [0.25, 0.3) is 5.91 Å². The van der Waals surface area contributed by atoms with Gasteiger partial charge in [-0.05, 0) is 40.6 Å². The second-order valence-corrected chi connectivity index (χ2v) is 10.3. The number of para-hydroxylation sites is 2. The molecular formula is C27H23N3O3S2. The summed E-state index contributed by atoms with van der Waals surface area (Å²) in [5.41, 5.74) is 2.79. The van der Waals surface area contributed by atoms with E-state index in [4.69, 9.17) is 0 Å². The van der Waals surface area contributed by atoms with Gasteiger partial charge in [0.15, 0.2) is 5.13 Å². The molecule has 4 aromatic rings. The number of anilines is 2. The first-order chi connectivity index (χ1) is 17.0. The van der Waals surface area contributed by atoms with Crippen molar-refractivity contribution in [3.63, 3.8) is 0 Å². The first-order valence-electron chi connectivity index (χ1n) is 11.2. The summed E-state index contributed by atoms with van der Waals surface area (Å²) in [4.78, 5) is 34.3. The maximum Gasteiger partial charge on any atom is 0.277 e. The van der Waals surface area contributed by atoms with E-state index in [1.807, 2.05) is 35.7 Å². The van der Waals surface area contributed by atoms with E-state index in [1.165, 1.54) is 34.3 Å². The predicted octanol–water partition coefficient (Wildman–Crippen LogP) is 6.37. The predicted molar refractivity (Wildman–Crippen MR) is 140 cm³/mol. The number of ketones is 1. The van der Waals surface area contributed by atoms with Crippen LogP contribution in [0.25, 0.3) is 0 Å². The fourth-order valence-electron chi connectivity index (χ4n) is 4.14. The van der Waals surface area contributed by atoms with Gasteiger partial charge in [-0.25, -0.2) is 4.98 Å². The third-order valence-corrected chi connectivity index (χ3v) is 7.57. The van der Waals surface area contributed by atoms with E-state index in [9.17, 15) is 14.7 Å². The van der Waals surface area contributed by atoms with Crippen molar-refractivity contribution in [2.24, 2.45) is 0 Å². The summed E-state index contributed by atoms with van der Waals surface area (Å²) in [6.07, 6.45) is 1.64. The summed E-state index contributed by atoms with van der Waals surface area (Å²) in [5.74, 6) is -0.268. The van der Waals surface area contributed by atoms with Crippen molar-refractivity contribution in [3.05, 3.63) is 105 Å². The fraction of sp³-hybridized carbons (Fsp3) is 0.148. The van der Waals surface area contributed by atoms with Gasteiger partial charge in [0, 0.05) is 11.6 Å². The molecule has 1 aliphatic heterocycles. The Balaban J connectivity index is 1.71. The number of benzene rings is 2. The number of hydrogen-bond acceptors (Lipinski definition) is 7. The molecule has 1 atom stereocenters. The fourth-order valence-corrected chi connectivity index (χ4v) is 5.49. The molecule has 35 heavy (non-hydrogen) atoms. The van der Waals surface area contributed by atoms with E-state index in [0.29, 0.717) is 27.2 Å². The molecule has 1 unspecified atom stereocenters. The summed E-state index contributed by atoms with van der Waals surface area (Å²) < 4.78 is 0. The van der Waals surface area contributed by atoms with Crippen LogP contribution < -0.4 is 10.2 Å². The Bertz CT molecular complexity index is 1390. The largest absolute Gasteiger partial charge is 0.506 e. The van der Waals surface area contributed by atoms with Crippen LogP contribution in [0.5, 0.6) is 5.75 Å². The lowest BCUT2D eigenvalue weighted by Gasteiger charge is -2.25. The number of aromatic nitrogens is 1. The van der Waals surface area contributed by atoms with Crippen molar-refractivity contribution >= 4 is 45.2 Å². The van der Waals surface area contributed by atoms with E-state index < -0.39 is 6.04 Å². The van der Waals surface area contributed by atoms with Crippen LogP contribution in [0.2, 0.25) is 0 Å². The van der Waals surface area contributed by atoms with Crippen LogP contribution in [0.3, 0.4) is 0 Å². The second-order valence-electron chi connectivity index (χ2n) is 8.45. The SMILES string of the molecule is CC(C)c1ccc(C2C(C(=O)c3cccs3)=C(Nc3ccccc3O)C(=O)N2c2nccs2)cc1. The molecule has 1 aliphatic rings. The molecule has 0 bridgehead atoms. The van der Waals surface area contributed by atoms with E-state index >= 15 is 0 Å². The van der Waals surface area contributed by atoms with E-state index in [2.05, 4.69) is 24.1 Å². The molecule has 3 heterocycles. The van der Waals surface area contributed by atoms with Crippen LogP contribution in [-0.4, -0.2) is 21.8 Å². The van der Waals surface area contributed by atoms with Gasteiger partial charge in [0.1, 0.15) is 11.4 Å². The zero-order chi connectivity index (χ0) is 24.5. The zero-order valence-electron chi connectivity index (χ0n) is 19.1. The van der Waals surface area contributed by atoms with Crippen LogP contribution in [0, 0.1) is 0 Å². The maximum atomic E-state index is 13.9. The van der Waals surface area contributed by atoms with Crippen LogP contribution in [0.4, 0.5) is 10.8 Å². The van der Waals surface area contributed by atoms with Gasteiger partial charge >= 0.3 is 0 Å². The number of carbonyl (C=O) groups excluding carboxylic acids is 2. The molecule has 1 amide bonds. The normalized spacial score (nSPS) is 15.8. The molecule has 0 saturated heterocycles. The van der Waals surface area contributed by atoms with Crippen molar-refractivity contribution in [2.75, 3.05) is 10.2 Å². The number of aromatic hydroxyl groups is 1. The number of hydrogen-bond donors (Lipinski definition) is 2. The lowest BCUT2D eigenvalue weighted by molar-refractivity contribution is -0.114. The van der Waals surface area contributed by atoms with Crippen LogP contribution in [-0.2, 0) is 4.79 Å². The molecule has 8 heteroatoms. The van der Waals surface area contributed by atoms with Gasteiger partial charge in [-0.15, -0.1) is 22.7 Å². The number of nitrogens with one attached hydrogen (secondary N) is 1. The summed E-state index contributed by atoms with van der Waals surface area (Å²) in [5, 5.41) is 17.6. The van der Waals surface area contributed by atoms with Gasteiger partial charge in [-0.2, -0.15) is 0 Å². The lowest BCUT2D eigenvalue weighted by Crippen LogP contribution is -2.31. The van der Waals surface area contributed by atoms with Crippen LogP contribution in [0.15, 0.2) is 88.9 Å². The minimum absolute atomic E-state index is 0.0127. The summed E-state index contributed by atoms with van der Waals surface area (Å²) in [6.45, 7) is 4.24. The Morgan fingerprint density at radius 3 is 2.43 bits per heavy atom.